The first-order valence-corrected chi connectivity index (χ1v) is 3.63. The van der Waals surface area contributed by atoms with Gasteiger partial charge in [0, 0.05) is 12.1 Å². The largest absolute Gasteiger partial charge is 0.788 e. The molecule has 0 aliphatic carbocycles. The van der Waals surface area contributed by atoms with Crippen molar-refractivity contribution in [1.82, 2.24) is 0 Å². The van der Waals surface area contributed by atoms with E-state index >= 15 is 0 Å². The van der Waals surface area contributed by atoms with E-state index in [1.807, 2.05) is 0 Å². The maximum atomic E-state index is 10.2. The Balaban J connectivity index is 2.91. The molecule has 0 heterocycles. The smallest absolute Gasteiger partial charge is 0.269 e. The molecule has 0 fully saturated rings. The number of nitro benzene ring substituents is 1. The van der Waals surface area contributed by atoms with Gasteiger partial charge in [-0.25, -0.2) is 0 Å². The van der Waals surface area contributed by atoms with Crippen molar-refractivity contribution in [2.24, 2.45) is 0 Å². The lowest BCUT2D eigenvalue weighted by molar-refractivity contribution is -0.384. The summed E-state index contributed by atoms with van der Waals surface area (Å²) in [6.07, 6.45) is 0. The lowest BCUT2D eigenvalue weighted by atomic mass is 10.2. The Bertz CT molecular complexity index is 258. The number of nitrogens with zero attached hydrogens (tertiary/aromatic N) is 1. The Morgan fingerprint density at radius 2 is 1.91 bits per heavy atom. The molecule has 0 unspecified atom stereocenters. The summed E-state index contributed by atoms with van der Waals surface area (Å²) in [5.41, 5.74) is 1.04. The molecule has 4 heteroatoms. The van der Waals surface area contributed by atoms with E-state index in [0.29, 0.717) is 5.75 Å². The van der Waals surface area contributed by atoms with Gasteiger partial charge in [-0.3, -0.25) is 10.1 Å². The molecule has 0 saturated heterocycles. The molecule has 0 aromatic heterocycles. The zero-order valence-electron chi connectivity index (χ0n) is 5.69. The maximum Gasteiger partial charge on any atom is 0.269 e. The van der Waals surface area contributed by atoms with Crippen LogP contribution in [-0.2, 0) is 18.4 Å². The predicted molar refractivity (Wildman–Crippen MR) is 44.2 cm³/mol. The summed E-state index contributed by atoms with van der Waals surface area (Å²) in [5, 5.41) is 10.2. The van der Waals surface area contributed by atoms with Crippen molar-refractivity contribution in [3.05, 3.63) is 39.9 Å². The lowest BCUT2D eigenvalue weighted by Crippen LogP contribution is -1.87. The molecular formula is C7H6NO2S-. The molecule has 3 nitrogen and oxygen atoms in total. The zero-order chi connectivity index (χ0) is 8.27. The average Bonchev–Trinajstić information content (AvgIpc) is 2.05. The van der Waals surface area contributed by atoms with Crippen molar-refractivity contribution in [2.45, 2.75) is 5.75 Å². The monoisotopic (exact) mass is 168 g/mol. The fraction of sp³-hybridized carbons (Fsp3) is 0.143. The Labute approximate surface area is 69.6 Å². The highest BCUT2D eigenvalue weighted by Crippen LogP contribution is 2.11. The van der Waals surface area contributed by atoms with Crippen LogP contribution >= 0.6 is 0 Å². The Morgan fingerprint density at radius 3 is 2.27 bits per heavy atom. The zero-order valence-corrected chi connectivity index (χ0v) is 6.50. The molecule has 0 atom stereocenters. The molecule has 0 aliphatic rings. The van der Waals surface area contributed by atoms with E-state index in [4.69, 9.17) is 12.6 Å². The quantitative estimate of drug-likeness (QED) is 0.383. The van der Waals surface area contributed by atoms with E-state index in [0.717, 1.165) is 5.56 Å². The van der Waals surface area contributed by atoms with Gasteiger partial charge < -0.3 is 12.6 Å². The van der Waals surface area contributed by atoms with E-state index in [2.05, 4.69) is 0 Å². The van der Waals surface area contributed by atoms with Crippen molar-refractivity contribution >= 4 is 18.3 Å². The predicted octanol–water partition coefficient (Wildman–Crippen LogP) is 1.64. The minimum Gasteiger partial charge on any atom is -0.788 e. The van der Waals surface area contributed by atoms with Crippen LogP contribution in [0.25, 0.3) is 0 Å². The summed E-state index contributed by atoms with van der Waals surface area (Å²) < 4.78 is 0. The van der Waals surface area contributed by atoms with Crippen molar-refractivity contribution in [2.75, 3.05) is 0 Å². The summed E-state index contributed by atoms with van der Waals surface area (Å²) in [4.78, 5) is 9.76. The van der Waals surface area contributed by atoms with Gasteiger partial charge in [-0.05, 0) is 0 Å². The Kier molecular flexibility index (Phi) is 2.48. The van der Waals surface area contributed by atoms with Crippen molar-refractivity contribution in [3.8, 4) is 0 Å². The van der Waals surface area contributed by atoms with E-state index < -0.39 is 4.92 Å². The topological polar surface area (TPSA) is 43.1 Å². The van der Waals surface area contributed by atoms with E-state index in [-0.39, 0.29) is 5.69 Å². The van der Waals surface area contributed by atoms with Gasteiger partial charge in [0.25, 0.3) is 5.69 Å². The van der Waals surface area contributed by atoms with Crippen molar-refractivity contribution in [1.29, 1.82) is 0 Å². The normalized spacial score (nSPS) is 9.55. The van der Waals surface area contributed by atoms with E-state index in [1.165, 1.54) is 12.1 Å². The minimum atomic E-state index is -0.423. The van der Waals surface area contributed by atoms with Crippen molar-refractivity contribution in [3.63, 3.8) is 0 Å². The fourth-order valence-electron chi connectivity index (χ4n) is 0.714. The van der Waals surface area contributed by atoms with Gasteiger partial charge in [0.1, 0.15) is 0 Å². The van der Waals surface area contributed by atoms with Crippen LogP contribution in [-0.4, -0.2) is 4.92 Å². The number of benzene rings is 1. The number of hydrogen-bond donors (Lipinski definition) is 0. The van der Waals surface area contributed by atoms with Crippen LogP contribution in [0.2, 0.25) is 0 Å². The van der Waals surface area contributed by atoms with Crippen LogP contribution < -0.4 is 0 Å². The lowest BCUT2D eigenvalue weighted by Gasteiger charge is -2.01. The molecule has 58 valence electrons. The average molecular weight is 168 g/mol. The molecular weight excluding hydrogens is 162 g/mol. The van der Waals surface area contributed by atoms with Gasteiger partial charge in [-0.2, -0.15) is 5.75 Å². The second-order valence-corrected chi connectivity index (χ2v) is 2.36. The molecule has 0 amide bonds. The second kappa shape index (κ2) is 3.39. The van der Waals surface area contributed by atoms with E-state index in [9.17, 15) is 10.1 Å². The van der Waals surface area contributed by atoms with Crippen LogP contribution in [0.15, 0.2) is 24.3 Å². The van der Waals surface area contributed by atoms with Crippen LogP contribution in [0, 0.1) is 10.1 Å². The van der Waals surface area contributed by atoms with Crippen LogP contribution in [0.3, 0.4) is 0 Å². The third-order valence-corrected chi connectivity index (χ3v) is 1.65. The van der Waals surface area contributed by atoms with Gasteiger partial charge in [0.05, 0.1) is 4.92 Å². The van der Waals surface area contributed by atoms with Crippen LogP contribution in [0.5, 0.6) is 0 Å². The number of rotatable bonds is 2. The first-order valence-electron chi connectivity index (χ1n) is 3.05. The third-order valence-electron chi connectivity index (χ3n) is 1.31. The number of nitro groups is 1. The SMILES string of the molecule is O=[N+]([O-])c1ccc(C[S-])cc1. The highest BCUT2D eigenvalue weighted by Gasteiger charge is 2.00. The molecule has 1 aromatic rings. The minimum absolute atomic E-state index is 0.109. The maximum absolute atomic E-state index is 10.2. The van der Waals surface area contributed by atoms with Gasteiger partial charge in [-0.1, -0.05) is 17.7 Å². The molecule has 0 bridgehead atoms. The summed E-state index contributed by atoms with van der Waals surface area (Å²) in [5.74, 6) is 0.498. The molecule has 0 radical (unpaired) electrons. The number of non-ortho nitro benzene ring substituents is 1. The van der Waals surface area contributed by atoms with Gasteiger partial charge in [0.2, 0.25) is 0 Å². The summed E-state index contributed by atoms with van der Waals surface area (Å²) in [7, 11) is 0. The Morgan fingerprint density at radius 1 is 1.36 bits per heavy atom. The van der Waals surface area contributed by atoms with Gasteiger partial charge in [0.15, 0.2) is 0 Å². The molecule has 0 N–H and O–H groups in total. The van der Waals surface area contributed by atoms with E-state index in [1.54, 1.807) is 12.1 Å². The molecule has 11 heavy (non-hydrogen) atoms. The second-order valence-electron chi connectivity index (χ2n) is 2.07. The molecule has 0 aliphatic heterocycles. The molecule has 0 spiro atoms. The highest BCUT2D eigenvalue weighted by atomic mass is 32.1. The third kappa shape index (κ3) is 1.94. The summed E-state index contributed by atoms with van der Waals surface area (Å²) >= 11 is 4.76. The van der Waals surface area contributed by atoms with Crippen molar-refractivity contribution < 1.29 is 4.92 Å². The van der Waals surface area contributed by atoms with Gasteiger partial charge >= 0.3 is 0 Å². The highest BCUT2D eigenvalue weighted by molar-refractivity contribution is 7.57. The molecule has 1 rings (SSSR count). The number of hydrogen-bond acceptors (Lipinski definition) is 3. The van der Waals surface area contributed by atoms with Gasteiger partial charge in [-0.15, -0.1) is 0 Å². The summed E-state index contributed by atoms with van der Waals surface area (Å²) in [6.45, 7) is 0. The fourth-order valence-corrected chi connectivity index (χ4v) is 0.906. The van der Waals surface area contributed by atoms with Crippen LogP contribution in [0.1, 0.15) is 5.56 Å². The Hall–Kier alpha value is -1.03. The standard InChI is InChI=1S/C7H7NO2S/c9-8(10)7-3-1-6(5-11)2-4-7/h1-4,11H,5H2/p-1. The first-order chi connectivity index (χ1) is 5.24. The van der Waals surface area contributed by atoms with Crippen LogP contribution in [0.4, 0.5) is 5.69 Å². The first kappa shape index (κ1) is 8.07. The molecule has 0 saturated carbocycles. The summed E-state index contributed by atoms with van der Waals surface area (Å²) in [6, 6.07) is 6.26. The molecule has 1 aromatic carbocycles.